The van der Waals surface area contributed by atoms with E-state index in [1.807, 2.05) is 18.2 Å². The minimum Gasteiger partial charge on any atom is -0.329 e. The van der Waals surface area contributed by atoms with Crippen molar-refractivity contribution in [3.05, 3.63) is 23.9 Å². The molecule has 0 bridgehead atoms. The van der Waals surface area contributed by atoms with Crippen molar-refractivity contribution in [3.63, 3.8) is 0 Å². The van der Waals surface area contributed by atoms with Gasteiger partial charge in [0.2, 0.25) is 6.41 Å². The van der Waals surface area contributed by atoms with Gasteiger partial charge in [0.25, 0.3) is 0 Å². The van der Waals surface area contributed by atoms with Crippen molar-refractivity contribution in [2.45, 2.75) is 6.42 Å². The van der Waals surface area contributed by atoms with Crippen LogP contribution in [0.3, 0.4) is 0 Å². The van der Waals surface area contributed by atoms with Crippen LogP contribution in [0.1, 0.15) is 6.42 Å². The molecule has 0 heterocycles. The Labute approximate surface area is 47.9 Å². The molecular weight excluding hydrogens is 102 g/mol. The Morgan fingerprint density at radius 2 is 2.62 bits per heavy atom. The second-order valence-corrected chi connectivity index (χ2v) is 1.56. The number of nitrogens with one attached hydrogen (secondary N) is 1. The van der Waals surface area contributed by atoms with Gasteiger partial charge in [-0.2, -0.15) is 0 Å². The average molecular weight is 109 g/mol. The van der Waals surface area contributed by atoms with Gasteiger partial charge < -0.3 is 5.32 Å². The lowest BCUT2D eigenvalue weighted by atomic mass is 10.5. The van der Waals surface area contributed by atoms with E-state index < -0.39 is 0 Å². The minimum absolute atomic E-state index is 0.682. The highest BCUT2D eigenvalue weighted by atomic mass is 16.1. The van der Waals surface area contributed by atoms with Gasteiger partial charge in [-0.1, -0.05) is 12.2 Å². The van der Waals surface area contributed by atoms with Crippen LogP contribution in [0.2, 0.25) is 0 Å². The van der Waals surface area contributed by atoms with Crippen LogP contribution in [0.4, 0.5) is 0 Å². The molecule has 1 aliphatic carbocycles. The molecular formula is C6H7NO. The summed E-state index contributed by atoms with van der Waals surface area (Å²) in [6, 6.07) is 0. The summed E-state index contributed by atoms with van der Waals surface area (Å²) in [6.07, 6.45) is 7.45. The van der Waals surface area contributed by atoms with Crippen molar-refractivity contribution < 1.29 is 4.79 Å². The summed E-state index contributed by atoms with van der Waals surface area (Å²) in [7, 11) is 0. The fourth-order valence-corrected chi connectivity index (χ4v) is 0.633. The zero-order chi connectivity index (χ0) is 5.82. The molecule has 0 fully saturated rings. The number of rotatable bonds is 2. The van der Waals surface area contributed by atoms with Gasteiger partial charge >= 0.3 is 0 Å². The molecule has 1 aliphatic rings. The molecule has 8 heavy (non-hydrogen) atoms. The average Bonchev–Trinajstić information content (AvgIpc) is 2.19. The van der Waals surface area contributed by atoms with Crippen molar-refractivity contribution in [1.82, 2.24) is 5.32 Å². The molecule has 0 spiro atoms. The Morgan fingerprint density at radius 3 is 3.12 bits per heavy atom. The van der Waals surface area contributed by atoms with E-state index in [0.717, 1.165) is 12.1 Å². The van der Waals surface area contributed by atoms with Gasteiger partial charge in [0.15, 0.2) is 0 Å². The second-order valence-electron chi connectivity index (χ2n) is 1.56. The van der Waals surface area contributed by atoms with Crippen LogP contribution in [0.5, 0.6) is 0 Å². The van der Waals surface area contributed by atoms with Gasteiger partial charge in [0.05, 0.1) is 0 Å². The van der Waals surface area contributed by atoms with Crippen LogP contribution >= 0.6 is 0 Å². The number of allylic oxidation sites excluding steroid dienone is 3. The highest BCUT2D eigenvalue weighted by Gasteiger charge is 1.91. The van der Waals surface area contributed by atoms with Gasteiger partial charge in [0, 0.05) is 5.70 Å². The summed E-state index contributed by atoms with van der Waals surface area (Å²) >= 11 is 0. The lowest BCUT2D eigenvalue weighted by molar-refractivity contribution is -0.108. The Hall–Kier alpha value is -1.05. The molecule has 1 N–H and O–H groups in total. The first-order valence-corrected chi connectivity index (χ1v) is 2.50. The lowest BCUT2D eigenvalue weighted by Crippen LogP contribution is -2.05. The molecule has 0 aromatic rings. The summed E-state index contributed by atoms with van der Waals surface area (Å²) in [5.74, 6) is 0. The number of hydrogen-bond donors (Lipinski definition) is 1. The van der Waals surface area contributed by atoms with E-state index >= 15 is 0 Å². The highest BCUT2D eigenvalue weighted by Crippen LogP contribution is 2.03. The quantitative estimate of drug-likeness (QED) is 0.516. The Morgan fingerprint density at radius 1 is 1.75 bits per heavy atom. The molecule has 0 saturated carbocycles. The predicted molar refractivity (Wildman–Crippen MR) is 31.0 cm³/mol. The standard InChI is InChI=1S/C6H7NO/c8-5-7-6-3-1-2-4-6/h1,3-5H,2H2,(H,7,8). The van der Waals surface area contributed by atoms with Crippen molar-refractivity contribution in [1.29, 1.82) is 0 Å². The molecule has 0 saturated heterocycles. The molecule has 42 valence electrons. The molecule has 0 aromatic carbocycles. The second kappa shape index (κ2) is 2.31. The molecule has 0 aromatic heterocycles. The first-order valence-electron chi connectivity index (χ1n) is 2.50. The number of carbonyl (C=O) groups excluding carboxylic acids is 1. The Kier molecular flexibility index (Phi) is 1.47. The molecule has 1 amide bonds. The lowest BCUT2D eigenvalue weighted by Gasteiger charge is -1.89. The summed E-state index contributed by atoms with van der Waals surface area (Å²) in [6.45, 7) is 0. The van der Waals surface area contributed by atoms with Crippen LogP contribution in [0.15, 0.2) is 23.9 Å². The summed E-state index contributed by atoms with van der Waals surface area (Å²) in [5.41, 5.74) is 0.903. The largest absolute Gasteiger partial charge is 0.329 e. The first-order chi connectivity index (χ1) is 3.93. The van der Waals surface area contributed by atoms with Crippen molar-refractivity contribution in [3.8, 4) is 0 Å². The maximum atomic E-state index is 9.78. The molecule has 0 radical (unpaired) electrons. The number of amides is 1. The number of carbonyl (C=O) groups is 1. The zero-order valence-electron chi connectivity index (χ0n) is 4.42. The third-order valence-corrected chi connectivity index (χ3v) is 0.997. The third-order valence-electron chi connectivity index (χ3n) is 0.997. The molecule has 0 unspecified atom stereocenters. The van der Waals surface area contributed by atoms with Gasteiger partial charge in [-0.15, -0.1) is 0 Å². The van der Waals surface area contributed by atoms with Gasteiger partial charge in [-0.05, 0) is 12.5 Å². The minimum atomic E-state index is 0.682. The smallest absolute Gasteiger partial charge is 0.211 e. The van der Waals surface area contributed by atoms with E-state index in [9.17, 15) is 4.79 Å². The van der Waals surface area contributed by atoms with Crippen LogP contribution in [0, 0.1) is 0 Å². The maximum absolute atomic E-state index is 9.78. The van der Waals surface area contributed by atoms with E-state index in [2.05, 4.69) is 5.32 Å². The maximum Gasteiger partial charge on any atom is 0.211 e. The van der Waals surface area contributed by atoms with Gasteiger partial charge in [0.1, 0.15) is 0 Å². The molecule has 2 heteroatoms. The van der Waals surface area contributed by atoms with E-state index in [4.69, 9.17) is 0 Å². The molecule has 1 rings (SSSR count). The Balaban J connectivity index is 2.45. The summed E-state index contributed by atoms with van der Waals surface area (Å²) in [5, 5.41) is 2.54. The first kappa shape index (κ1) is 5.09. The zero-order valence-corrected chi connectivity index (χ0v) is 4.42. The van der Waals surface area contributed by atoms with Gasteiger partial charge in [-0.3, -0.25) is 4.79 Å². The topological polar surface area (TPSA) is 29.1 Å². The van der Waals surface area contributed by atoms with E-state index in [0.29, 0.717) is 6.41 Å². The highest BCUT2D eigenvalue weighted by molar-refractivity contribution is 5.52. The van der Waals surface area contributed by atoms with E-state index in [1.165, 1.54) is 0 Å². The normalized spacial score (nSPS) is 15.8. The van der Waals surface area contributed by atoms with Crippen LogP contribution in [-0.4, -0.2) is 6.41 Å². The van der Waals surface area contributed by atoms with Gasteiger partial charge in [-0.25, -0.2) is 0 Å². The fraction of sp³-hybridized carbons (Fsp3) is 0.167. The monoisotopic (exact) mass is 109 g/mol. The summed E-state index contributed by atoms with van der Waals surface area (Å²) < 4.78 is 0. The third kappa shape index (κ3) is 0.964. The van der Waals surface area contributed by atoms with Crippen LogP contribution in [-0.2, 0) is 4.79 Å². The van der Waals surface area contributed by atoms with Crippen molar-refractivity contribution in [2.75, 3.05) is 0 Å². The Bertz CT molecular complexity index is 147. The van der Waals surface area contributed by atoms with Crippen LogP contribution < -0.4 is 5.32 Å². The predicted octanol–water partition coefficient (Wildman–Crippen LogP) is 0.576. The summed E-state index contributed by atoms with van der Waals surface area (Å²) in [4.78, 5) is 9.78. The molecule has 0 atom stereocenters. The van der Waals surface area contributed by atoms with Crippen LogP contribution in [0.25, 0.3) is 0 Å². The molecule has 2 nitrogen and oxygen atoms in total. The van der Waals surface area contributed by atoms with E-state index in [1.54, 1.807) is 0 Å². The molecule has 0 aliphatic heterocycles. The van der Waals surface area contributed by atoms with E-state index in [-0.39, 0.29) is 0 Å². The fourth-order valence-electron chi connectivity index (χ4n) is 0.633. The van der Waals surface area contributed by atoms with Crippen molar-refractivity contribution >= 4 is 6.41 Å². The SMILES string of the molecule is O=CNC1=CCC=C1. The number of hydrogen-bond acceptors (Lipinski definition) is 1. The van der Waals surface area contributed by atoms with Crippen molar-refractivity contribution in [2.24, 2.45) is 0 Å².